The second-order valence-corrected chi connectivity index (χ2v) is 32.1. The number of halogens is 2. The van der Waals surface area contributed by atoms with Gasteiger partial charge in [-0.05, 0) is 94.4 Å². The maximum absolute atomic E-state index is 15.5. The van der Waals surface area contributed by atoms with Crippen molar-refractivity contribution in [3.05, 3.63) is 114 Å². The van der Waals surface area contributed by atoms with Gasteiger partial charge in [-0.2, -0.15) is 0 Å². The van der Waals surface area contributed by atoms with Crippen LogP contribution in [-0.4, -0.2) is 241 Å². The van der Waals surface area contributed by atoms with Gasteiger partial charge in [-0.15, -0.1) is 23.2 Å². The molecule has 0 radical (unpaired) electrons. The van der Waals surface area contributed by atoms with Gasteiger partial charge in [0.05, 0.1) is 108 Å². The summed E-state index contributed by atoms with van der Waals surface area (Å²) in [6, 6.07) is 21.5. The standard InChI is InChI=1S/C80H99Cl2N10O22P/c1-47(2)71(87-63(93)22-27-106-29-31-108-33-35-110-37-38-111-36-34-109-32-30-107-28-26-90-64(94)20-21-65(90)95)73(97)86-58(15-10-23-84-76(83)100)72(96)85-52-18-16-49(17-19-52)46-112-77(101)88(4)24-25-89(5)78(102)113-61-39-59-66(55-13-8-6-11-53(55)61)50(42-81)44-91(59)74(98)79-41-57-69(79)70-68(79)48(3)80(57,70)75(99)92-45-51(43-82)67-56-14-9-7-12-54(56)62(40-60(67)92)114-115(103,104)105/h6-9,11-14,16-21,39-40,47-48,50-51,57-58,68-71H,10,15,22-38,41-46H2,1-5H3,(H,85,96)(H,86,97)(H,87,93)(H3,83,84,100)(H2,103,104,105)/t48?,50-,51-,57?,58+,68?,69?,70?,71+,79-,80?/m1/s1. The molecule has 11 amide bonds. The Morgan fingerprint density at radius 2 is 1.16 bits per heavy atom. The fourth-order valence-electron chi connectivity index (χ4n) is 17.9. The van der Waals surface area contributed by atoms with Crippen molar-refractivity contribution in [2.75, 3.05) is 160 Å². The highest BCUT2D eigenvalue weighted by molar-refractivity contribution is 7.46. The van der Waals surface area contributed by atoms with Crippen LogP contribution in [0.25, 0.3) is 21.5 Å². The maximum atomic E-state index is 15.5. The first-order valence-electron chi connectivity index (χ1n) is 38.7. The summed E-state index contributed by atoms with van der Waals surface area (Å²) in [6.45, 7) is 9.84. The predicted molar refractivity (Wildman–Crippen MR) is 422 cm³/mol. The van der Waals surface area contributed by atoms with Crippen LogP contribution < -0.4 is 46.1 Å². The molecule has 4 aliphatic carbocycles. The Balaban J connectivity index is 0.563. The summed E-state index contributed by atoms with van der Waals surface area (Å²) in [6.07, 6.45) is 1.85. The van der Waals surface area contributed by atoms with E-state index in [1.807, 2.05) is 41.3 Å². The number of carbonyl (C=O) groups is 10. The number of carbonyl (C=O) groups excluding carboxylic acids is 10. The molecule has 6 unspecified atom stereocenters. The van der Waals surface area contributed by atoms with Crippen LogP contribution >= 0.6 is 31.0 Å². The van der Waals surface area contributed by atoms with E-state index in [2.05, 4.69) is 28.2 Å². The number of amides is 11. The molecule has 32 nitrogen and oxygen atoms in total. The summed E-state index contributed by atoms with van der Waals surface area (Å²) >= 11 is 13.4. The number of benzene rings is 5. The number of nitrogens with one attached hydrogen (secondary N) is 4. The van der Waals surface area contributed by atoms with Crippen molar-refractivity contribution in [3.63, 3.8) is 0 Å². The van der Waals surface area contributed by atoms with Crippen molar-refractivity contribution < 1.29 is 105 Å². The van der Waals surface area contributed by atoms with Gasteiger partial charge in [0.1, 0.15) is 30.2 Å². The number of rotatable bonds is 43. The number of phosphoric ester groups is 1. The zero-order valence-electron chi connectivity index (χ0n) is 64.8. The van der Waals surface area contributed by atoms with E-state index in [0.29, 0.717) is 105 Å². The number of urea groups is 1. The third-order valence-electron chi connectivity index (χ3n) is 23.3. The van der Waals surface area contributed by atoms with E-state index in [1.54, 1.807) is 67.3 Å². The fourth-order valence-corrected chi connectivity index (χ4v) is 18.8. The molecule has 5 aromatic carbocycles. The number of likely N-dealkylation sites (N-methyl/N-ethyl adjacent to an activating group) is 2. The number of anilines is 3. The van der Waals surface area contributed by atoms with Gasteiger partial charge in [0.25, 0.3) is 11.8 Å². The number of nitrogens with zero attached hydrogens (tertiary/aromatic N) is 5. The van der Waals surface area contributed by atoms with Crippen molar-refractivity contribution in [2.24, 2.45) is 52.1 Å². The Kier molecular flexibility index (Phi) is 27.8. The largest absolute Gasteiger partial charge is 0.524 e. The van der Waals surface area contributed by atoms with Gasteiger partial charge >= 0.3 is 26.0 Å². The van der Waals surface area contributed by atoms with Crippen LogP contribution in [0.4, 0.5) is 31.4 Å². The molecule has 3 aliphatic heterocycles. The fraction of sp³-hybridized carbons (Fsp3) is 0.525. The molecule has 11 atom stereocenters. The quantitative estimate of drug-likeness (QED) is 0.00881. The van der Waals surface area contributed by atoms with Crippen LogP contribution in [0.15, 0.2) is 97.1 Å². The first kappa shape index (κ1) is 85.3. The molecule has 12 rings (SSSR count). The molecule has 3 heterocycles. The highest BCUT2D eigenvalue weighted by Crippen LogP contribution is 2.97. The predicted octanol–water partition coefficient (Wildman–Crippen LogP) is 7.15. The van der Waals surface area contributed by atoms with Crippen LogP contribution in [-0.2, 0) is 77.9 Å². The average molecular weight is 1650 g/mol. The second kappa shape index (κ2) is 37.5. The first-order valence-corrected chi connectivity index (χ1v) is 41.3. The minimum atomic E-state index is -4.98. The summed E-state index contributed by atoms with van der Waals surface area (Å²) in [7, 11) is -1.92. The molecule has 8 N–H and O–H groups in total. The van der Waals surface area contributed by atoms with Gasteiger partial charge in [-0.1, -0.05) is 81.4 Å². The van der Waals surface area contributed by atoms with Gasteiger partial charge in [-0.3, -0.25) is 48.2 Å². The van der Waals surface area contributed by atoms with Gasteiger partial charge in [-0.25, -0.2) is 18.9 Å². The Labute approximate surface area is 675 Å². The van der Waals surface area contributed by atoms with E-state index in [-0.39, 0.29) is 179 Å². The van der Waals surface area contributed by atoms with Gasteiger partial charge < -0.3 is 89.0 Å². The van der Waals surface area contributed by atoms with Gasteiger partial charge in [0.2, 0.25) is 29.5 Å². The Hall–Kier alpha value is -9.05. The topological polar surface area (TPSA) is 402 Å². The molecule has 0 bridgehead atoms. The Bertz CT molecular complexity index is 4520. The Morgan fingerprint density at radius 3 is 1.67 bits per heavy atom. The third-order valence-corrected chi connectivity index (χ3v) is 24.4. The van der Waals surface area contributed by atoms with Crippen molar-refractivity contribution in [2.45, 2.75) is 77.0 Å². The minimum absolute atomic E-state index is 0.0222. The zero-order valence-corrected chi connectivity index (χ0v) is 67.2. The second-order valence-electron chi connectivity index (χ2n) is 30.3. The maximum Gasteiger partial charge on any atom is 0.524 e. The van der Waals surface area contributed by atoms with Crippen LogP contribution in [0.1, 0.15) is 75.0 Å². The number of phosphoric acid groups is 1. The lowest BCUT2D eigenvalue weighted by Gasteiger charge is -2.95. The highest BCUT2D eigenvalue weighted by atomic mass is 35.5. The van der Waals surface area contributed by atoms with E-state index in [1.165, 1.54) is 36.0 Å². The smallest absolute Gasteiger partial charge is 0.445 e. The van der Waals surface area contributed by atoms with E-state index < -0.39 is 66.7 Å². The number of primary amides is 1. The summed E-state index contributed by atoms with van der Waals surface area (Å²) in [5.74, 6) is -3.03. The van der Waals surface area contributed by atoms with Crippen LogP contribution in [0.3, 0.4) is 0 Å². The number of alkyl halides is 2. The van der Waals surface area contributed by atoms with Crippen LogP contribution in [0.5, 0.6) is 11.5 Å². The van der Waals surface area contributed by atoms with Crippen molar-refractivity contribution >= 4 is 129 Å². The number of hydrogen-bond acceptors (Lipinski definition) is 20. The first-order chi connectivity index (χ1) is 55.2. The molecular weight excluding hydrogens is 1550 g/mol. The van der Waals surface area contributed by atoms with Crippen molar-refractivity contribution in [1.82, 2.24) is 30.7 Å². The minimum Gasteiger partial charge on any atom is -0.445 e. The zero-order chi connectivity index (χ0) is 82.0. The molecular formula is C80H99Cl2N10O22P. The summed E-state index contributed by atoms with van der Waals surface area (Å²) in [5, 5.41) is 13.4. The number of nitrogens with two attached hydrogens (primary N) is 1. The monoisotopic (exact) mass is 1650 g/mol. The molecule has 35 heteroatoms. The number of fused-ring (bicyclic) bond motifs is 8. The van der Waals surface area contributed by atoms with E-state index in [9.17, 15) is 52.7 Å². The molecule has 4 fully saturated rings. The molecule has 4 saturated carbocycles. The summed E-state index contributed by atoms with van der Waals surface area (Å²) in [5.41, 5.74) is 7.59. The van der Waals surface area contributed by atoms with Crippen molar-refractivity contribution in [1.29, 1.82) is 0 Å². The molecule has 7 aliphatic rings. The Morgan fingerprint density at radius 1 is 0.643 bits per heavy atom. The van der Waals surface area contributed by atoms with Crippen LogP contribution in [0.2, 0.25) is 0 Å². The van der Waals surface area contributed by atoms with Crippen molar-refractivity contribution in [3.8, 4) is 11.5 Å². The lowest BCUT2D eigenvalue weighted by Crippen LogP contribution is -2.98. The summed E-state index contributed by atoms with van der Waals surface area (Å²) < 4.78 is 62.2. The van der Waals surface area contributed by atoms with E-state index in [4.69, 9.17) is 71.4 Å². The SMILES string of the molecule is CC(C)[C@H](NC(=O)CCOCCOCCOCCOCCOCCOCCN1C(=O)C=CC1=O)C(=O)N[C@@H](CCCNC(N)=O)C(=O)Nc1ccc(COC(=O)N(C)CCN(C)C(=O)Oc2cc3c(c4ccccc24)[C@H](CCl)CN3C(=O)[C@@]23CC4C2C2C3C(C)C42C(=O)N2C[C@@H](CCl)c3c2cc(OP(=O)(O)O)c2ccccc32)cc1. The molecule has 620 valence electrons. The molecule has 5 aromatic rings. The van der Waals surface area contributed by atoms with E-state index in [0.717, 1.165) is 21.4 Å². The highest BCUT2D eigenvalue weighted by Gasteiger charge is 2.99. The normalized spacial score (nSPS) is 22.2. The van der Waals surface area contributed by atoms with Gasteiger partial charge in [0, 0.05) is 118 Å². The molecule has 115 heavy (non-hydrogen) atoms. The number of imide groups is 1. The lowest BCUT2D eigenvalue weighted by atomic mass is 9.06. The van der Waals surface area contributed by atoms with Crippen LogP contribution in [0, 0.1) is 46.3 Å². The molecule has 0 aromatic heterocycles. The van der Waals surface area contributed by atoms with E-state index >= 15 is 9.59 Å². The van der Waals surface area contributed by atoms with Gasteiger partial charge in [0.15, 0.2) is 0 Å². The number of ether oxygens (including phenoxy) is 8. The molecule has 0 saturated heterocycles. The average Bonchev–Trinajstić information content (AvgIpc) is 0.949. The third kappa shape index (κ3) is 18.1. The number of hydrogen-bond donors (Lipinski definition) is 7. The molecule has 0 spiro atoms. The summed E-state index contributed by atoms with van der Waals surface area (Å²) in [4.78, 5) is 161. The lowest BCUT2D eigenvalue weighted by molar-refractivity contribution is -0.470.